The number of aromatic nitrogens is 3. The summed E-state index contributed by atoms with van der Waals surface area (Å²) in [7, 11) is 0. The van der Waals surface area contributed by atoms with Crippen LogP contribution < -0.4 is 0 Å². The molecule has 1 aliphatic carbocycles. The lowest BCUT2D eigenvalue weighted by Gasteiger charge is -2.33. The number of hydrogen-bond acceptors (Lipinski definition) is 2. The van der Waals surface area contributed by atoms with Gasteiger partial charge in [0, 0.05) is 33.2 Å². The zero-order chi connectivity index (χ0) is 33.1. The summed E-state index contributed by atoms with van der Waals surface area (Å²) >= 11 is 0. The molecule has 0 bridgehead atoms. The summed E-state index contributed by atoms with van der Waals surface area (Å²) in [4.78, 5) is 11.0. The fourth-order valence-corrected chi connectivity index (χ4v) is 8.18. The van der Waals surface area contributed by atoms with E-state index in [0.29, 0.717) is 0 Å². The van der Waals surface area contributed by atoms with Gasteiger partial charge in [-0.05, 0) is 46.5 Å². The molecule has 0 N–H and O–H groups in total. The van der Waals surface area contributed by atoms with Crippen molar-refractivity contribution >= 4 is 21.8 Å². The SMILES string of the molecule is c1ccc(-c2nc(-c3ccccc3)c3c(n2)C(c2ccccc2)(c2cccc(-n4c5ccccc5c5ccccc54)c2)c2ccccc2-3)cc1. The van der Waals surface area contributed by atoms with E-state index in [9.17, 15) is 0 Å². The molecule has 0 fully saturated rings. The summed E-state index contributed by atoms with van der Waals surface area (Å²) < 4.78 is 2.40. The Labute approximate surface area is 290 Å². The zero-order valence-corrected chi connectivity index (χ0v) is 27.2. The van der Waals surface area contributed by atoms with Gasteiger partial charge in [-0.25, -0.2) is 9.97 Å². The van der Waals surface area contributed by atoms with Crippen LogP contribution in [-0.2, 0) is 5.41 Å². The monoisotopic (exact) mass is 637 g/mol. The smallest absolute Gasteiger partial charge is 0.160 e. The number of rotatable bonds is 5. The molecule has 1 aliphatic rings. The van der Waals surface area contributed by atoms with E-state index in [1.54, 1.807) is 0 Å². The highest BCUT2D eigenvalue weighted by Crippen LogP contribution is 2.57. The minimum Gasteiger partial charge on any atom is -0.309 e. The quantitative estimate of drug-likeness (QED) is 0.188. The van der Waals surface area contributed by atoms with Crippen LogP contribution in [0.5, 0.6) is 0 Å². The Hall–Kier alpha value is -6.58. The highest BCUT2D eigenvalue weighted by molar-refractivity contribution is 6.09. The largest absolute Gasteiger partial charge is 0.309 e. The highest BCUT2D eigenvalue weighted by atomic mass is 15.0. The number of hydrogen-bond donors (Lipinski definition) is 0. The standard InChI is InChI=1S/C47H31N3/c1-4-17-32(18-5-1)44-43-39-27-10-13-28-40(39)47(34-21-8-3-9-22-34,45(43)49-46(48-44)33-19-6-2-7-20-33)35-23-16-24-36(31-35)50-41-29-14-11-25-37(41)38-26-12-15-30-42(38)50/h1-31H. The molecule has 0 saturated heterocycles. The molecule has 0 aliphatic heterocycles. The summed E-state index contributed by atoms with van der Waals surface area (Å²) in [6.45, 7) is 0. The Morgan fingerprint density at radius 2 is 1.00 bits per heavy atom. The van der Waals surface area contributed by atoms with Gasteiger partial charge in [0.2, 0.25) is 0 Å². The van der Waals surface area contributed by atoms with Gasteiger partial charge in [0.25, 0.3) is 0 Å². The van der Waals surface area contributed by atoms with E-state index in [2.05, 4.69) is 187 Å². The van der Waals surface area contributed by atoms with E-state index >= 15 is 0 Å². The summed E-state index contributed by atoms with van der Waals surface area (Å²) in [5.41, 5.74) is 12.6. The highest BCUT2D eigenvalue weighted by Gasteiger charge is 2.49. The van der Waals surface area contributed by atoms with Gasteiger partial charge in [0.15, 0.2) is 5.82 Å². The predicted octanol–water partition coefficient (Wildman–Crippen LogP) is 11.3. The molecule has 234 valence electrons. The summed E-state index contributed by atoms with van der Waals surface area (Å²) in [6.07, 6.45) is 0. The molecule has 0 saturated carbocycles. The Kier molecular flexibility index (Phi) is 6.40. The third-order valence-corrected chi connectivity index (χ3v) is 10.3. The maximum Gasteiger partial charge on any atom is 0.160 e. The fraction of sp³-hybridized carbons (Fsp3) is 0.0213. The lowest BCUT2D eigenvalue weighted by Crippen LogP contribution is -2.30. The molecule has 50 heavy (non-hydrogen) atoms. The van der Waals surface area contributed by atoms with Crippen LogP contribution in [0.25, 0.3) is 61.3 Å². The maximum absolute atomic E-state index is 5.61. The van der Waals surface area contributed by atoms with Crippen LogP contribution in [0.15, 0.2) is 188 Å². The van der Waals surface area contributed by atoms with Crippen molar-refractivity contribution in [2.75, 3.05) is 0 Å². The Morgan fingerprint density at radius 3 is 1.70 bits per heavy atom. The summed E-state index contributed by atoms with van der Waals surface area (Å²) in [5, 5.41) is 2.49. The molecule has 10 rings (SSSR count). The molecule has 3 heteroatoms. The van der Waals surface area contributed by atoms with Crippen LogP contribution in [0.1, 0.15) is 22.4 Å². The lowest BCUT2D eigenvalue weighted by atomic mass is 9.69. The van der Waals surface area contributed by atoms with Gasteiger partial charge in [-0.3, -0.25) is 0 Å². The second-order valence-electron chi connectivity index (χ2n) is 12.9. The first-order valence-corrected chi connectivity index (χ1v) is 17.1. The van der Waals surface area contributed by atoms with E-state index in [0.717, 1.165) is 50.7 Å². The average molecular weight is 638 g/mol. The topological polar surface area (TPSA) is 30.7 Å². The van der Waals surface area contributed by atoms with Crippen molar-refractivity contribution < 1.29 is 0 Å². The normalized spacial score (nSPS) is 14.9. The van der Waals surface area contributed by atoms with Crippen LogP contribution >= 0.6 is 0 Å². The summed E-state index contributed by atoms with van der Waals surface area (Å²) in [6, 6.07) is 67.1. The van der Waals surface area contributed by atoms with Gasteiger partial charge >= 0.3 is 0 Å². The minimum atomic E-state index is -0.710. The van der Waals surface area contributed by atoms with E-state index in [4.69, 9.17) is 9.97 Å². The molecule has 0 spiro atoms. The van der Waals surface area contributed by atoms with E-state index in [1.807, 2.05) is 6.07 Å². The van der Waals surface area contributed by atoms with Crippen molar-refractivity contribution in [2.24, 2.45) is 0 Å². The van der Waals surface area contributed by atoms with E-state index < -0.39 is 5.41 Å². The van der Waals surface area contributed by atoms with Crippen molar-refractivity contribution in [3.05, 3.63) is 210 Å². The van der Waals surface area contributed by atoms with Crippen LogP contribution in [0.2, 0.25) is 0 Å². The molecular formula is C47H31N3. The third-order valence-electron chi connectivity index (χ3n) is 10.3. The fourth-order valence-electron chi connectivity index (χ4n) is 8.18. The molecule has 7 aromatic carbocycles. The zero-order valence-electron chi connectivity index (χ0n) is 27.2. The molecule has 1 atom stereocenters. The molecule has 1 unspecified atom stereocenters. The summed E-state index contributed by atoms with van der Waals surface area (Å²) in [5.74, 6) is 0.717. The Balaban J connectivity index is 1.34. The molecule has 2 heterocycles. The number of benzene rings is 7. The average Bonchev–Trinajstić information content (AvgIpc) is 3.70. The van der Waals surface area contributed by atoms with Gasteiger partial charge in [0.1, 0.15) is 0 Å². The van der Waals surface area contributed by atoms with Gasteiger partial charge in [0.05, 0.1) is 27.8 Å². The molecule has 3 nitrogen and oxygen atoms in total. The number of nitrogens with zero attached hydrogens (tertiary/aromatic N) is 3. The second-order valence-corrected chi connectivity index (χ2v) is 12.9. The van der Waals surface area contributed by atoms with E-state index in [-0.39, 0.29) is 0 Å². The Morgan fingerprint density at radius 1 is 0.440 bits per heavy atom. The number of fused-ring (bicyclic) bond motifs is 6. The van der Waals surface area contributed by atoms with Gasteiger partial charge < -0.3 is 4.57 Å². The lowest BCUT2D eigenvalue weighted by molar-refractivity contribution is 0.735. The van der Waals surface area contributed by atoms with Crippen molar-refractivity contribution in [1.29, 1.82) is 0 Å². The van der Waals surface area contributed by atoms with Crippen molar-refractivity contribution in [3.8, 4) is 39.5 Å². The van der Waals surface area contributed by atoms with Crippen molar-refractivity contribution in [2.45, 2.75) is 5.41 Å². The first kappa shape index (κ1) is 28.4. The Bertz CT molecular complexity index is 2640. The van der Waals surface area contributed by atoms with Crippen LogP contribution in [0.4, 0.5) is 0 Å². The minimum absolute atomic E-state index is 0.710. The van der Waals surface area contributed by atoms with Gasteiger partial charge in [-0.2, -0.15) is 0 Å². The second kappa shape index (κ2) is 11.3. The van der Waals surface area contributed by atoms with Crippen LogP contribution in [0.3, 0.4) is 0 Å². The van der Waals surface area contributed by atoms with Crippen molar-refractivity contribution in [3.63, 3.8) is 0 Å². The maximum atomic E-state index is 5.61. The molecule has 0 radical (unpaired) electrons. The molecule has 2 aromatic heterocycles. The first-order chi connectivity index (χ1) is 24.8. The van der Waals surface area contributed by atoms with E-state index in [1.165, 1.54) is 32.9 Å². The third kappa shape index (κ3) is 4.10. The van der Waals surface area contributed by atoms with Crippen molar-refractivity contribution in [1.82, 2.24) is 14.5 Å². The first-order valence-electron chi connectivity index (χ1n) is 17.1. The van der Waals surface area contributed by atoms with Gasteiger partial charge in [-0.15, -0.1) is 0 Å². The molecule has 0 amide bonds. The number of para-hydroxylation sites is 2. The van der Waals surface area contributed by atoms with Crippen LogP contribution in [0, 0.1) is 0 Å². The molecular weight excluding hydrogens is 607 g/mol. The van der Waals surface area contributed by atoms with Gasteiger partial charge in [-0.1, -0.05) is 164 Å². The van der Waals surface area contributed by atoms with Crippen LogP contribution in [-0.4, -0.2) is 14.5 Å². The molecule has 9 aromatic rings. The predicted molar refractivity (Wildman–Crippen MR) is 205 cm³/mol.